The number of hydrogen-bond acceptors (Lipinski definition) is 3. The van der Waals surface area contributed by atoms with Crippen molar-refractivity contribution in [2.24, 2.45) is 10.9 Å². The standard InChI is InChI=1S/C22H36N4O.HI/c1-18-8-11-26(12-9-18)16-20-7-4-6-19(14-20)15-24-21(23-3)25-17-22(2)10-5-13-27-22;/h4,6-7,14,18H,5,8-13,15-17H2,1-3H3,(H2,23,24,25);1H. The van der Waals surface area contributed by atoms with E-state index in [1.807, 2.05) is 7.05 Å². The monoisotopic (exact) mass is 500 g/mol. The number of halogens is 1. The summed E-state index contributed by atoms with van der Waals surface area (Å²) in [5.74, 6) is 1.72. The fraction of sp³-hybridized carbons (Fsp3) is 0.682. The first-order valence-corrected chi connectivity index (χ1v) is 10.4. The highest BCUT2D eigenvalue weighted by Gasteiger charge is 2.29. The second-order valence-corrected chi connectivity index (χ2v) is 8.46. The van der Waals surface area contributed by atoms with E-state index in [1.165, 1.54) is 37.1 Å². The molecule has 2 aliphatic rings. The van der Waals surface area contributed by atoms with Gasteiger partial charge in [0, 0.05) is 33.3 Å². The number of likely N-dealkylation sites (tertiary alicyclic amines) is 1. The largest absolute Gasteiger partial charge is 0.373 e. The summed E-state index contributed by atoms with van der Waals surface area (Å²) < 4.78 is 5.84. The summed E-state index contributed by atoms with van der Waals surface area (Å²) in [4.78, 5) is 6.93. The maximum atomic E-state index is 5.84. The van der Waals surface area contributed by atoms with Crippen molar-refractivity contribution in [1.29, 1.82) is 0 Å². The Kier molecular flexibility index (Phi) is 9.50. The van der Waals surface area contributed by atoms with Gasteiger partial charge in [0.15, 0.2) is 5.96 Å². The van der Waals surface area contributed by atoms with Gasteiger partial charge >= 0.3 is 0 Å². The summed E-state index contributed by atoms with van der Waals surface area (Å²) in [5.41, 5.74) is 2.63. The smallest absolute Gasteiger partial charge is 0.191 e. The maximum absolute atomic E-state index is 5.84. The topological polar surface area (TPSA) is 48.9 Å². The average Bonchev–Trinajstić information content (AvgIpc) is 3.11. The van der Waals surface area contributed by atoms with Crippen LogP contribution >= 0.6 is 24.0 Å². The van der Waals surface area contributed by atoms with Crippen molar-refractivity contribution in [3.8, 4) is 0 Å². The number of ether oxygens (including phenoxy) is 1. The minimum Gasteiger partial charge on any atom is -0.373 e. The van der Waals surface area contributed by atoms with Gasteiger partial charge in [0.25, 0.3) is 0 Å². The minimum atomic E-state index is -0.0660. The van der Waals surface area contributed by atoms with Gasteiger partial charge in [-0.05, 0) is 62.7 Å². The van der Waals surface area contributed by atoms with Crippen LogP contribution in [0.15, 0.2) is 29.3 Å². The Balaban J connectivity index is 0.00000280. The molecule has 3 rings (SSSR count). The molecule has 158 valence electrons. The van der Waals surface area contributed by atoms with E-state index in [9.17, 15) is 0 Å². The zero-order valence-corrected chi connectivity index (χ0v) is 20.0. The first-order valence-electron chi connectivity index (χ1n) is 10.4. The van der Waals surface area contributed by atoms with Gasteiger partial charge in [-0.1, -0.05) is 31.2 Å². The van der Waals surface area contributed by atoms with Gasteiger partial charge in [-0.2, -0.15) is 0 Å². The molecular weight excluding hydrogens is 463 g/mol. The fourth-order valence-electron chi connectivity index (χ4n) is 3.97. The lowest BCUT2D eigenvalue weighted by atomic mass is 9.98. The lowest BCUT2D eigenvalue weighted by Crippen LogP contribution is -2.45. The summed E-state index contributed by atoms with van der Waals surface area (Å²) in [7, 11) is 1.82. The maximum Gasteiger partial charge on any atom is 0.191 e. The highest BCUT2D eigenvalue weighted by molar-refractivity contribution is 14.0. The molecule has 0 spiro atoms. The Hall–Kier alpha value is -0.860. The Morgan fingerprint density at radius 1 is 1.25 bits per heavy atom. The molecule has 2 N–H and O–H groups in total. The van der Waals surface area contributed by atoms with E-state index in [2.05, 4.69) is 58.6 Å². The van der Waals surface area contributed by atoms with E-state index >= 15 is 0 Å². The summed E-state index contributed by atoms with van der Waals surface area (Å²) in [5, 5.41) is 6.85. The van der Waals surface area contributed by atoms with Gasteiger partial charge < -0.3 is 15.4 Å². The number of hydrogen-bond donors (Lipinski definition) is 2. The van der Waals surface area contributed by atoms with Crippen molar-refractivity contribution in [1.82, 2.24) is 15.5 Å². The van der Waals surface area contributed by atoms with Crippen molar-refractivity contribution in [2.45, 2.75) is 58.2 Å². The lowest BCUT2D eigenvalue weighted by molar-refractivity contribution is 0.0243. The first kappa shape index (κ1) is 23.4. The van der Waals surface area contributed by atoms with Crippen LogP contribution in [0.25, 0.3) is 0 Å². The lowest BCUT2D eigenvalue weighted by Gasteiger charge is -2.30. The minimum absolute atomic E-state index is 0. The fourth-order valence-corrected chi connectivity index (χ4v) is 3.97. The summed E-state index contributed by atoms with van der Waals surface area (Å²) in [6.07, 6.45) is 4.90. The highest BCUT2D eigenvalue weighted by Crippen LogP contribution is 2.23. The van der Waals surface area contributed by atoms with Crippen LogP contribution in [0, 0.1) is 5.92 Å². The third kappa shape index (κ3) is 7.19. The van der Waals surface area contributed by atoms with Gasteiger partial charge in [0.2, 0.25) is 0 Å². The molecule has 6 heteroatoms. The molecule has 1 unspecified atom stereocenters. The molecule has 1 atom stereocenters. The molecule has 2 fully saturated rings. The number of rotatable bonds is 6. The SMILES string of the molecule is CN=C(NCc1cccc(CN2CCC(C)CC2)c1)NCC1(C)CCCO1.I. The molecule has 0 amide bonds. The van der Waals surface area contributed by atoms with Crippen LogP contribution in [-0.2, 0) is 17.8 Å². The van der Waals surface area contributed by atoms with E-state index < -0.39 is 0 Å². The number of nitrogens with one attached hydrogen (secondary N) is 2. The van der Waals surface area contributed by atoms with Gasteiger partial charge in [-0.15, -0.1) is 24.0 Å². The molecule has 2 saturated heterocycles. The summed E-state index contributed by atoms with van der Waals surface area (Å²) in [6, 6.07) is 8.92. The van der Waals surface area contributed by atoms with Gasteiger partial charge in [0.05, 0.1) is 5.60 Å². The van der Waals surface area contributed by atoms with Crippen molar-refractivity contribution in [3.05, 3.63) is 35.4 Å². The molecule has 0 saturated carbocycles. The zero-order chi connectivity index (χ0) is 19.1. The van der Waals surface area contributed by atoms with E-state index in [1.54, 1.807) is 0 Å². The second kappa shape index (κ2) is 11.4. The third-order valence-electron chi connectivity index (χ3n) is 5.89. The average molecular weight is 500 g/mol. The van der Waals surface area contributed by atoms with Crippen molar-refractivity contribution in [2.75, 3.05) is 33.3 Å². The third-order valence-corrected chi connectivity index (χ3v) is 5.89. The number of guanidine groups is 1. The summed E-state index contributed by atoms with van der Waals surface area (Å²) in [6.45, 7) is 10.5. The van der Waals surface area contributed by atoms with Crippen molar-refractivity contribution < 1.29 is 4.74 Å². The molecule has 0 radical (unpaired) electrons. The molecule has 0 aromatic heterocycles. The summed E-state index contributed by atoms with van der Waals surface area (Å²) >= 11 is 0. The normalized spacial score (nSPS) is 24.0. The number of benzene rings is 1. The molecule has 28 heavy (non-hydrogen) atoms. The Labute approximate surface area is 187 Å². The first-order chi connectivity index (χ1) is 13.1. The van der Waals surface area contributed by atoms with Crippen LogP contribution in [0.3, 0.4) is 0 Å². The van der Waals surface area contributed by atoms with Crippen LogP contribution in [0.2, 0.25) is 0 Å². The molecule has 2 heterocycles. The predicted molar refractivity (Wildman–Crippen MR) is 127 cm³/mol. The van der Waals surface area contributed by atoms with E-state index in [4.69, 9.17) is 4.74 Å². The van der Waals surface area contributed by atoms with Crippen molar-refractivity contribution in [3.63, 3.8) is 0 Å². The predicted octanol–water partition coefficient (Wildman–Crippen LogP) is 3.77. The molecule has 1 aromatic rings. The molecule has 2 aliphatic heterocycles. The van der Waals surface area contributed by atoms with Crippen LogP contribution in [-0.4, -0.2) is 49.7 Å². The van der Waals surface area contributed by atoms with E-state index in [0.717, 1.165) is 51.0 Å². The highest BCUT2D eigenvalue weighted by atomic mass is 127. The molecule has 0 aliphatic carbocycles. The Morgan fingerprint density at radius 3 is 2.68 bits per heavy atom. The second-order valence-electron chi connectivity index (χ2n) is 8.46. The van der Waals surface area contributed by atoms with Crippen LogP contribution in [0.1, 0.15) is 50.7 Å². The van der Waals surface area contributed by atoms with Gasteiger partial charge in [0.1, 0.15) is 0 Å². The quantitative estimate of drug-likeness (QED) is 0.355. The van der Waals surface area contributed by atoms with Gasteiger partial charge in [-0.25, -0.2) is 0 Å². The van der Waals surface area contributed by atoms with Crippen LogP contribution in [0.4, 0.5) is 0 Å². The number of piperidine rings is 1. The molecule has 5 nitrogen and oxygen atoms in total. The zero-order valence-electron chi connectivity index (χ0n) is 17.7. The van der Waals surface area contributed by atoms with E-state index in [-0.39, 0.29) is 29.6 Å². The van der Waals surface area contributed by atoms with Gasteiger partial charge in [-0.3, -0.25) is 9.89 Å². The molecular formula is C22H37IN4O. The Morgan fingerprint density at radius 2 is 2.00 bits per heavy atom. The van der Waals surface area contributed by atoms with Crippen LogP contribution < -0.4 is 10.6 Å². The molecule has 1 aromatic carbocycles. The Bertz CT molecular complexity index is 623. The van der Waals surface area contributed by atoms with Crippen molar-refractivity contribution >= 4 is 29.9 Å². The van der Waals surface area contributed by atoms with E-state index in [0.29, 0.717) is 0 Å². The number of aliphatic imine (C=N–C) groups is 1. The van der Waals surface area contributed by atoms with Crippen LogP contribution in [0.5, 0.6) is 0 Å². The molecule has 0 bridgehead atoms. The number of nitrogens with zero attached hydrogens (tertiary/aromatic N) is 2.